The second-order valence-corrected chi connectivity index (χ2v) is 7.25. The Bertz CT molecular complexity index is 1050. The van der Waals surface area contributed by atoms with Gasteiger partial charge in [0, 0.05) is 17.5 Å². The van der Waals surface area contributed by atoms with Crippen LogP contribution in [0.2, 0.25) is 0 Å². The smallest absolute Gasteiger partial charge is 0.269 e. The normalized spacial score (nSPS) is 10.1. The number of benzene rings is 3. The number of nitrogens with one attached hydrogen (secondary N) is 3. The Hall–Kier alpha value is -3.71. The van der Waals surface area contributed by atoms with Crippen LogP contribution in [0.5, 0.6) is 5.75 Å². The first-order valence-corrected chi connectivity index (χ1v) is 10.2. The minimum absolute atomic E-state index is 0.0131. The molecule has 0 aliphatic rings. The fourth-order valence-corrected chi connectivity index (χ4v) is 2.90. The summed E-state index contributed by atoms with van der Waals surface area (Å²) in [4.78, 5) is 24.5. The van der Waals surface area contributed by atoms with Crippen molar-refractivity contribution in [2.24, 2.45) is 0 Å². The van der Waals surface area contributed by atoms with Gasteiger partial charge in [0.2, 0.25) is 0 Å². The third-order valence-electron chi connectivity index (χ3n) is 4.43. The Balaban J connectivity index is 1.47. The standard InChI is InChI=1S/C24H23N3O3S/c1-17-10-12-19(13-11-17)23(29)26-27-24(31)25-22(28)20-8-5-9-21(16-20)30-15-14-18-6-3-2-4-7-18/h2-13,16H,14-15H2,1H3,(H,26,29)(H2,25,27,28,31). The molecule has 0 aliphatic heterocycles. The topological polar surface area (TPSA) is 79.5 Å². The summed E-state index contributed by atoms with van der Waals surface area (Å²) in [7, 11) is 0. The van der Waals surface area contributed by atoms with E-state index in [1.165, 1.54) is 5.56 Å². The van der Waals surface area contributed by atoms with Crippen molar-refractivity contribution in [1.82, 2.24) is 16.2 Å². The van der Waals surface area contributed by atoms with E-state index in [1.54, 1.807) is 36.4 Å². The van der Waals surface area contributed by atoms with Crippen LogP contribution in [0.3, 0.4) is 0 Å². The van der Waals surface area contributed by atoms with Gasteiger partial charge in [-0.2, -0.15) is 0 Å². The number of hydrogen-bond donors (Lipinski definition) is 3. The molecule has 3 N–H and O–H groups in total. The Morgan fingerprint density at radius 3 is 2.32 bits per heavy atom. The molecule has 0 saturated heterocycles. The van der Waals surface area contributed by atoms with Crippen molar-refractivity contribution in [3.63, 3.8) is 0 Å². The quantitative estimate of drug-likeness (QED) is 0.409. The molecule has 6 nitrogen and oxygen atoms in total. The summed E-state index contributed by atoms with van der Waals surface area (Å²) in [6, 6.07) is 23.9. The van der Waals surface area contributed by atoms with Gasteiger partial charge in [-0.3, -0.25) is 25.8 Å². The second-order valence-electron chi connectivity index (χ2n) is 6.84. The van der Waals surface area contributed by atoms with E-state index >= 15 is 0 Å². The van der Waals surface area contributed by atoms with Crippen LogP contribution in [0.1, 0.15) is 31.8 Å². The van der Waals surface area contributed by atoms with Crippen LogP contribution in [0.25, 0.3) is 0 Å². The first kappa shape index (κ1) is 22.0. The summed E-state index contributed by atoms with van der Waals surface area (Å²) in [5.74, 6) is -0.170. The lowest BCUT2D eigenvalue weighted by Crippen LogP contribution is -2.48. The van der Waals surface area contributed by atoms with Gasteiger partial charge in [0.1, 0.15) is 5.75 Å². The van der Waals surface area contributed by atoms with Gasteiger partial charge in [0.05, 0.1) is 6.61 Å². The van der Waals surface area contributed by atoms with Crippen molar-refractivity contribution in [1.29, 1.82) is 0 Å². The largest absolute Gasteiger partial charge is 0.493 e. The van der Waals surface area contributed by atoms with E-state index in [1.807, 2.05) is 49.4 Å². The molecule has 0 spiro atoms. The molecule has 3 aromatic rings. The molecule has 0 aliphatic carbocycles. The molecule has 0 fully saturated rings. The van der Waals surface area contributed by atoms with Crippen LogP contribution in [0, 0.1) is 6.92 Å². The molecule has 0 radical (unpaired) electrons. The van der Waals surface area contributed by atoms with Crippen LogP contribution in [0.4, 0.5) is 0 Å². The number of rotatable bonds is 6. The van der Waals surface area contributed by atoms with Crippen LogP contribution in [-0.4, -0.2) is 23.5 Å². The fourth-order valence-electron chi connectivity index (χ4n) is 2.76. The highest BCUT2D eigenvalue weighted by atomic mass is 32.1. The molecular formula is C24H23N3O3S. The zero-order chi connectivity index (χ0) is 22.1. The third-order valence-corrected chi connectivity index (χ3v) is 4.63. The molecule has 2 amide bonds. The van der Waals surface area contributed by atoms with Crippen molar-refractivity contribution in [3.8, 4) is 5.75 Å². The fraction of sp³-hybridized carbons (Fsp3) is 0.125. The van der Waals surface area contributed by atoms with Crippen molar-refractivity contribution in [2.45, 2.75) is 13.3 Å². The molecule has 0 heterocycles. The zero-order valence-corrected chi connectivity index (χ0v) is 17.9. The lowest BCUT2D eigenvalue weighted by Gasteiger charge is -2.12. The molecule has 3 rings (SSSR count). The van der Waals surface area contributed by atoms with Gasteiger partial charge in [-0.15, -0.1) is 0 Å². The second kappa shape index (κ2) is 10.9. The van der Waals surface area contributed by atoms with E-state index in [4.69, 9.17) is 17.0 Å². The third kappa shape index (κ3) is 6.94. The minimum Gasteiger partial charge on any atom is -0.493 e. The maximum atomic E-state index is 12.4. The summed E-state index contributed by atoms with van der Waals surface area (Å²) < 4.78 is 5.76. The van der Waals surface area contributed by atoms with E-state index in [9.17, 15) is 9.59 Å². The predicted molar refractivity (Wildman–Crippen MR) is 124 cm³/mol. The lowest BCUT2D eigenvalue weighted by molar-refractivity contribution is 0.0934. The Labute approximate surface area is 186 Å². The number of carbonyl (C=O) groups is 2. The minimum atomic E-state index is -0.407. The summed E-state index contributed by atoms with van der Waals surface area (Å²) in [6.45, 7) is 2.44. The maximum Gasteiger partial charge on any atom is 0.269 e. The van der Waals surface area contributed by atoms with Gasteiger partial charge < -0.3 is 4.74 Å². The molecule has 0 saturated carbocycles. The molecule has 158 valence electrons. The lowest BCUT2D eigenvalue weighted by atomic mass is 10.1. The number of thiocarbonyl (C=S) groups is 1. The Morgan fingerprint density at radius 1 is 0.839 bits per heavy atom. The highest BCUT2D eigenvalue weighted by Gasteiger charge is 2.10. The monoisotopic (exact) mass is 433 g/mol. The molecule has 7 heteroatoms. The maximum absolute atomic E-state index is 12.4. The molecular weight excluding hydrogens is 410 g/mol. The van der Waals surface area contributed by atoms with Gasteiger partial charge in [-0.05, 0) is 55.0 Å². The van der Waals surface area contributed by atoms with Gasteiger partial charge >= 0.3 is 0 Å². The summed E-state index contributed by atoms with van der Waals surface area (Å²) in [5, 5.41) is 2.52. The van der Waals surface area contributed by atoms with E-state index in [2.05, 4.69) is 16.2 Å². The average molecular weight is 434 g/mol. The van der Waals surface area contributed by atoms with E-state index in [0.717, 1.165) is 12.0 Å². The molecule has 0 bridgehead atoms. The van der Waals surface area contributed by atoms with Crippen LogP contribution in [0.15, 0.2) is 78.9 Å². The summed E-state index contributed by atoms with van der Waals surface area (Å²) >= 11 is 5.09. The van der Waals surface area contributed by atoms with Crippen molar-refractivity contribution in [3.05, 3.63) is 101 Å². The number of hydrazine groups is 1. The Kier molecular flexibility index (Phi) is 7.73. The van der Waals surface area contributed by atoms with Crippen molar-refractivity contribution in [2.75, 3.05) is 6.61 Å². The summed E-state index contributed by atoms with van der Waals surface area (Å²) in [5.41, 5.74) is 8.10. The number of ether oxygens (including phenoxy) is 1. The van der Waals surface area contributed by atoms with Gasteiger partial charge in [0.25, 0.3) is 11.8 Å². The van der Waals surface area contributed by atoms with Crippen molar-refractivity contribution >= 4 is 29.1 Å². The zero-order valence-electron chi connectivity index (χ0n) is 17.1. The first-order valence-electron chi connectivity index (χ1n) is 9.76. The van der Waals surface area contributed by atoms with Crippen LogP contribution < -0.4 is 20.9 Å². The van der Waals surface area contributed by atoms with E-state index in [-0.39, 0.29) is 11.0 Å². The predicted octanol–water partition coefficient (Wildman–Crippen LogP) is 3.57. The van der Waals surface area contributed by atoms with Crippen LogP contribution >= 0.6 is 12.2 Å². The van der Waals surface area contributed by atoms with Crippen LogP contribution in [-0.2, 0) is 6.42 Å². The molecule has 0 aromatic heterocycles. The van der Waals surface area contributed by atoms with E-state index in [0.29, 0.717) is 23.5 Å². The summed E-state index contributed by atoms with van der Waals surface area (Å²) in [6.07, 6.45) is 0.770. The van der Waals surface area contributed by atoms with Gasteiger partial charge in [-0.25, -0.2) is 0 Å². The van der Waals surface area contributed by atoms with Gasteiger partial charge in [-0.1, -0.05) is 54.1 Å². The number of carbonyl (C=O) groups excluding carboxylic acids is 2. The SMILES string of the molecule is Cc1ccc(C(=O)NNC(=S)NC(=O)c2cccc(OCCc3ccccc3)c2)cc1. The molecule has 31 heavy (non-hydrogen) atoms. The first-order chi connectivity index (χ1) is 15.0. The highest BCUT2D eigenvalue weighted by Crippen LogP contribution is 2.14. The highest BCUT2D eigenvalue weighted by molar-refractivity contribution is 7.80. The van der Waals surface area contributed by atoms with E-state index < -0.39 is 5.91 Å². The number of hydrogen-bond acceptors (Lipinski definition) is 4. The molecule has 0 unspecified atom stereocenters. The molecule has 3 aromatic carbocycles. The van der Waals surface area contributed by atoms with Crippen molar-refractivity contribution < 1.29 is 14.3 Å². The van der Waals surface area contributed by atoms with Gasteiger partial charge in [0.15, 0.2) is 5.11 Å². The number of amides is 2. The molecule has 0 atom stereocenters. The Morgan fingerprint density at radius 2 is 1.58 bits per heavy atom. The average Bonchev–Trinajstić information content (AvgIpc) is 2.79. The number of aryl methyl sites for hydroxylation is 1.